The van der Waals surface area contributed by atoms with E-state index in [-0.39, 0.29) is 29.2 Å². The first-order valence-electron chi connectivity index (χ1n) is 5.55. The number of hydrogen-bond acceptors (Lipinski definition) is 3. The molecule has 0 saturated carbocycles. The van der Waals surface area contributed by atoms with Gasteiger partial charge in [0.15, 0.2) is 11.5 Å². The van der Waals surface area contributed by atoms with Crippen LogP contribution in [-0.4, -0.2) is 22.5 Å². The average Bonchev–Trinajstić information content (AvgIpc) is 2.81. The van der Waals surface area contributed by atoms with Gasteiger partial charge in [0, 0.05) is 18.1 Å². The van der Waals surface area contributed by atoms with Gasteiger partial charge in [0.05, 0.1) is 12.6 Å². The summed E-state index contributed by atoms with van der Waals surface area (Å²) < 4.78 is 44.0. The van der Waals surface area contributed by atoms with Gasteiger partial charge >= 0.3 is 6.18 Å². The molecule has 0 unspecified atom stereocenters. The normalized spacial score (nSPS) is 11.8. The first-order chi connectivity index (χ1) is 8.88. The van der Waals surface area contributed by atoms with Crippen LogP contribution >= 0.6 is 0 Å². The van der Waals surface area contributed by atoms with Gasteiger partial charge in [-0.25, -0.2) is 0 Å². The Morgan fingerprint density at radius 2 is 2.11 bits per heavy atom. The van der Waals surface area contributed by atoms with Gasteiger partial charge in [0.2, 0.25) is 5.88 Å². The molecule has 0 N–H and O–H groups in total. The molecule has 0 saturated heterocycles. The van der Waals surface area contributed by atoms with Gasteiger partial charge in [-0.05, 0) is 12.1 Å². The van der Waals surface area contributed by atoms with Crippen LogP contribution in [0.4, 0.5) is 13.2 Å². The molecule has 0 amide bonds. The highest BCUT2D eigenvalue weighted by atomic mass is 19.4. The van der Waals surface area contributed by atoms with Crippen LogP contribution in [-0.2, 0) is 6.18 Å². The lowest BCUT2D eigenvalue weighted by Crippen LogP contribution is -2.06. The molecule has 0 atom stereocenters. The quantitative estimate of drug-likeness (QED) is 0.807. The number of Topliss-reactive ketones (excluding diaryl/α,β-unsaturated/α-hetero) is 1. The van der Waals surface area contributed by atoms with Crippen LogP contribution in [0.2, 0.25) is 0 Å². The van der Waals surface area contributed by atoms with Crippen molar-refractivity contribution in [3.63, 3.8) is 0 Å². The summed E-state index contributed by atoms with van der Waals surface area (Å²) in [5, 5.41) is 3.45. The second-order valence-electron chi connectivity index (χ2n) is 3.89. The molecule has 2 aromatic rings. The minimum absolute atomic E-state index is 0.0959. The third-order valence-electron chi connectivity index (χ3n) is 2.71. The second-order valence-corrected chi connectivity index (χ2v) is 3.89. The van der Waals surface area contributed by atoms with E-state index < -0.39 is 11.9 Å². The zero-order valence-corrected chi connectivity index (χ0v) is 10.3. The molecule has 0 aromatic carbocycles. The van der Waals surface area contributed by atoms with Crippen molar-refractivity contribution in [2.75, 3.05) is 7.11 Å². The van der Waals surface area contributed by atoms with Crippen LogP contribution in [0.1, 0.15) is 29.4 Å². The zero-order chi connectivity index (χ0) is 14.2. The highest BCUT2D eigenvalue weighted by Crippen LogP contribution is 2.31. The summed E-state index contributed by atoms with van der Waals surface area (Å²) in [6.45, 7) is 1.64. The molecule has 2 heterocycles. The van der Waals surface area contributed by atoms with Gasteiger partial charge in [-0.1, -0.05) is 6.92 Å². The minimum Gasteiger partial charge on any atom is -0.481 e. The van der Waals surface area contributed by atoms with E-state index in [2.05, 4.69) is 5.10 Å². The predicted molar refractivity (Wildman–Crippen MR) is 61.4 cm³/mol. The second kappa shape index (κ2) is 4.56. The molecule has 2 rings (SSSR count). The van der Waals surface area contributed by atoms with Crippen LogP contribution < -0.4 is 4.74 Å². The van der Waals surface area contributed by atoms with E-state index in [0.29, 0.717) is 0 Å². The van der Waals surface area contributed by atoms with Crippen LogP contribution in [0.5, 0.6) is 5.88 Å². The van der Waals surface area contributed by atoms with Crippen molar-refractivity contribution in [3.8, 4) is 5.88 Å². The van der Waals surface area contributed by atoms with E-state index in [1.807, 2.05) is 0 Å². The number of aromatic nitrogens is 2. The Morgan fingerprint density at radius 3 is 2.63 bits per heavy atom. The molecule has 0 radical (unpaired) electrons. The van der Waals surface area contributed by atoms with E-state index in [9.17, 15) is 18.0 Å². The lowest BCUT2D eigenvalue weighted by atomic mass is 10.1. The number of alkyl halides is 3. The summed E-state index contributed by atoms with van der Waals surface area (Å²) in [6, 6.07) is 3.72. The van der Waals surface area contributed by atoms with Crippen molar-refractivity contribution >= 4 is 11.3 Å². The maximum atomic E-state index is 12.7. The Labute approximate surface area is 106 Å². The molecule has 0 bridgehead atoms. The summed E-state index contributed by atoms with van der Waals surface area (Å²) in [4.78, 5) is 11.7. The van der Waals surface area contributed by atoms with Gasteiger partial charge in [-0.2, -0.15) is 22.8 Å². The minimum atomic E-state index is -4.57. The summed E-state index contributed by atoms with van der Waals surface area (Å²) in [5.41, 5.74) is -0.757. The smallest absolute Gasteiger partial charge is 0.435 e. The Kier molecular flexibility index (Phi) is 3.21. The van der Waals surface area contributed by atoms with E-state index in [0.717, 1.165) is 10.6 Å². The topological polar surface area (TPSA) is 43.6 Å². The number of ether oxygens (including phenoxy) is 1. The van der Waals surface area contributed by atoms with Crippen LogP contribution in [0, 0.1) is 0 Å². The number of hydrogen-bond donors (Lipinski definition) is 0. The molecule has 19 heavy (non-hydrogen) atoms. The van der Waals surface area contributed by atoms with Crippen LogP contribution in [0.3, 0.4) is 0 Å². The van der Waals surface area contributed by atoms with Crippen LogP contribution in [0.15, 0.2) is 18.2 Å². The molecular formula is C12H11F3N2O2. The maximum absolute atomic E-state index is 12.7. The third-order valence-corrected chi connectivity index (χ3v) is 2.71. The highest BCUT2D eigenvalue weighted by molar-refractivity contribution is 6.02. The molecule has 102 valence electrons. The highest BCUT2D eigenvalue weighted by Gasteiger charge is 2.35. The Balaban J connectivity index is 2.74. The fraction of sp³-hybridized carbons (Fsp3) is 0.333. The Bertz CT molecular complexity index is 632. The van der Waals surface area contributed by atoms with Crippen molar-refractivity contribution in [2.24, 2.45) is 0 Å². The van der Waals surface area contributed by atoms with Crippen molar-refractivity contribution in [2.45, 2.75) is 19.5 Å². The van der Waals surface area contributed by atoms with Gasteiger partial charge in [0.1, 0.15) is 0 Å². The lowest BCUT2D eigenvalue weighted by Gasteiger charge is -2.06. The summed E-state index contributed by atoms with van der Waals surface area (Å²) in [5.74, 6) is -0.112. The van der Waals surface area contributed by atoms with E-state index >= 15 is 0 Å². The van der Waals surface area contributed by atoms with Crippen LogP contribution in [0.25, 0.3) is 5.52 Å². The van der Waals surface area contributed by atoms with Gasteiger partial charge in [-0.15, -0.1) is 0 Å². The standard InChI is InChI=1S/C12H11F3N2O2/c1-3-9(18)7-4-5-11(19-2)17-8(7)6-10(16-17)12(13,14)15/h4-6H,3H2,1-2H3. The SMILES string of the molecule is CCC(=O)c1ccc(OC)n2nc(C(F)(F)F)cc12. The Hall–Kier alpha value is -2.05. The molecule has 0 spiro atoms. The number of rotatable bonds is 3. The summed E-state index contributed by atoms with van der Waals surface area (Å²) >= 11 is 0. The number of methoxy groups -OCH3 is 1. The number of carbonyl (C=O) groups is 1. The van der Waals surface area contributed by atoms with Crippen molar-refractivity contribution in [3.05, 3.63) is 29.5 Å². The number of halogens is 3. The first kappa shape index (κ1) is 13.4. The third kappa shape index (κ3) is 2.27. The van der Waals surface area contributed by atoms with Crippen molar-refractivity contribution in [1.82, 2.24) is 9.61 Å². The molecule has 7 heteroatoms. The summed E-state index contributed by atoms with van der Waals surface area (Å²) in [6.07, 6.45) is -4.36. The zero-order valence-electron chi connectivity index (χ0n) is 10.3. The maximum Gasteiger partial charge on any atom is 0.435 e. The van der Waals surface area contributed by atoms with Crippen molar-refractivity contribution < 1.29 is 22.7 Å². The number of carbonyl (C=O) groups excluding carboxylic acids is 1. The van der Waals surface area contributed by atoms with E-state index in [4.69, 9.17) is 4.74 Å². The molecule has 0 aliphatic heterocycles. The van der Waals surface area contributed by atoms with Gasteiger partial charge in [-0.3, -0.25) is 4.79 Å². The van der Waals surface area contributed by atoms with E-state index in [1.54, 1.807) is 6.92 Å². The molecule has 0 fully saturated rings. The lowest BCUT2D eigenvalue weighted by molar-refractivity contribution is -0.141. The number of nitrogens with zero attached hydrogens (tertiary/aromatic N) is 2. The molecule has 4 nitrogen and oxygen atoms in total. The molecule has 0 aliphatic rings. The number of ketones is 1. The summed E-state index contributed by atoms with van der Waals surface area (Å²) in [7, 11) is 1.32. The fourth-order valence-corrected chi connectivity index (χ4v) is 1.77. The first-order valence-corrected chi connectivity index (χ1v) is 5.55. The number of pyridine rings is 1. The fourth-order valence-electron chi connectivity index (χ4n) is 1.77. The predicted octanol–water partition coefficient (Wildman–Crippen LogP) is 2.95. The average molecular weight is 272 g/mol. The van der Waals surface area contributed by atoms with Gasteiger partial charge in [0.25, 0.3) is 0 Å². The number of fused-ring (bicyclic) bond motifs is 1. The van der Waals surface area contributed by atoms with Gasteiger partial charge < -0.3 is 4.74 Å². The van der Waals surface area contributed by atoms with E-state index in [1.165, 1.54) is 19.2 Å². The molecule has 2 aromatic heterocycles. The molecular weight excluding hydrogens is 261 g/mol. The molecule has 0 aliphatic carbocycles. The Morgan fingerprint density at radius 1 is 1.42 bits per heavy atom. The largest absolute Gasteiger partial charge is 0.481 e. The van der Waals surface area contributed by atoms with Crippen molar-refractivity contribution in [1.29, 1.82) is 0 Å². The monoisotopic (exact) mass is 272 g/mol.